The van der Waals surface area contributed by atoms with Crippen molar-refractivity contribution in [2.75, 3.05) is 26.4 Å². The van der Waals surface area contributed by atoms with Crippen molar-refractivity contribution in [3.63, 3.8) is 0 Å². The molecule has 117 heavy (non-hydrogen) atoms. The predicted molar refractivity (Wildman–Crippen MR) is 433 cm³/mol. The van der Waals surface area contributed by atoms with Gasteiger partial charge in [0.2, 0.25) is 0 Å². The topological polar surface area (TPSA) is 238 Å². The van der Waals surface area contributed by atoms with Crippen molar-refractivity contribution in [2.45, 2.75) is 226 Å². The molecule has 0 radical (unpaired) electrons. The lowest BCUT2D eigenvalue weighted by atomic mass is 9.93. The fraction of sp³-hybridized carbons (Fsp3) is 0.442. The molecule has 1 N–H and O–H groups in total. The Balaban J connectivity index is 1.00. The van der Waals surface area contributed by atoms with Gasteiger partial charge in [0.05, 0.1) is 102 Å². The molecule has 0 aliphatic carbocycles. The first kappa shape index (κ1) is 87.4. The van der Waals surface area contributed by atoms with E-state index in [1.165, 1.54) is 0 Å². The van der Waals surface area contributed by atoms with Crippen LogP contribution in [-0.4, -0.2) is 160 Å². The molecule has 0 aromatic heterocycles. The number of benzene rings is 8. The second kappa shape index (κ2) is 42.7. The van der Waals surface area contributed by atoms with Crippen LogP contribution in [0.3, 0.4) is 0 Å². The van der Waals surface area contributed by atoms with Gasteiger partial charge in [-0.15, -0.1) is 0 Å². The Morgan fingerprint density at radius 2 is 0.538 bits per heavy atom. The van der Waals surface area contributed by atoms with E-state index in [4.69, 9.17) is 85.3 Å². The first-order chi connectivity index (χ1) is 56.6. The summed E-state index contributed by atoms with van der Waals surface area (Å²) >= 11 is 0. The summed E-state index contributed by atoms with van der Waals surface area (Å²) in [5, 5.41) is 11.7. The van der Waals surface area contributed by atoms with E-state index in [0.717, 1.165) is 38.9 Å². The maximum absolute atomic E-state index is 15.4. The summed E-state index contributed by atoms with van der Waals surface area (Å²) in [5.41, 5.74) is 3.13. The summed E-state index contributed by atoms with van der Waals surface area (Å²) in [6, 6.07) is 76.6. The number of rotatable bonds is 37. The summed E-state index contributed by atoms with van der Waals surface area (Å²) in [7, 11) is 0. The van der Waals surface area contributed by atoms with Crippen LogP contribution in [0.15, 0.2) is 255 Å². The summed E-state index contributed by atoms with van der Waals surface area (Å²) < 4.78 is 127. The van der Waals surface area contributed by atoms with Gasteiger partial charge < -0.3 is 90.4 Å². The number of carbonyl (C=O) groups is 3. The summed E-state index contributed by atoms with van der Waals surface area (Å²) in [5.74, 6) is -1.98. The van der Waals surface area contributed by atoms with Gasteiger partial charge in [-0.3, -0.25) is 14.4 Å². The molecule has 0 saturated carbocycles. The van der Waals surface area contributed by atoms with Crippen LogP contribution in [0, 0.1) is 16.2 Å². The second-order valence-electron chi connectivity index (χ2n) is 32.8. The summed E-state index contributed by atoms with van der Waals surface area (Å²) in [6.45, 7) is 14.9. The highest BCUT2D eigenvalue weighted by molar-refractivity contribution is 5.76. The standard InChI is InChI=1S/C95H112O22/c1-93(2,3)90(97)115-84-81(106-58-69-44-28-15-29-45-69)78(105-57-68-42-26-14-27-43-68)73(52-96)109-87(84)113-79-76(63-102-55-66-38-22-12-23-39-66)111-89(86(117-92(99)95(7,8)9)83(79)108-60-71-48-32-17-33-49-71)114-80-75(62-101-54-65-36-20-11-21-37-65)110-88(85(116-91(98)94(4,5)6)82(80)107-59-70-46-30-16-31-47-70)112-77-72(104-56-67-40-24-13-25-41-67)50-51-103-74(77)61-100-53-64-34-18-10-19-35-64/h10-51,72-89,96H,52-63H2,1-9H3/t72-,73-,74-,75-,76-,77+,78-,79-,80-,81+,82+,83+,84-,85-,86-,87+,88+,89+/m1/s1. The third-order valence-electron chi connectivity index (χ3n) is 20.2. The highest BCUT2D eigenvalue weighted by atomic mass is 16.8. The van der Waals surface area contributed by atoms with Crippen LogP contribution in [0.2, 0.25) is 0 Å². The average molecular weight is 1610 g/mol. The molecule has 624 valence electrons. The maximum atomic E-state index is 15.4. The predicted octanol–water partition coefficient (Wildman–Crippen LogP) is 14.7. The molecule has 4 aliphatic heterocycles. The molecule has 3 fully saturated rings. The fourth-order valence-corrected chi connectivity index (χ4v) is 13.7. The zero-order chi connectivity index (χ0) is 82.2. The maximum Gasteiger partial charge on any atom is 0.311 e. The third kappa shape index (κ3) is 25.3. The van der Waals surface area contributed by atoms with Crippen LogP contribution in [-0.2, 0) is 153 Å². The normalized spacial score (nSPS) is 26.2. The van der Waals surface area contributed by atoms with Crippen molar-refractivity contribution in [1.29, 1.82) is 0 Å². The van der Waals surface area contributed by atoms with Gasteiger partial charge in [-0.1, -0.05) is 243 Å². The largest absolute Gasteiger partial charge is 0.493 e. The van der Waals surface area contributed by atoms with E-state index < -0.39 is 151 Å². The van der Waals surface area contributed by atoms with Crippen molar-refractivity contribution >= 4 is 17.9 Å². The monoisotopic (exact) mass is 1600 g/mol. The van der Waals surface area contributed by atoms with Crippen LogP contribution in [0.5, 0.6) is 0 Å². The van der Waals surface area contributed by atoms with Crippen molar-refractivity contribution < 1.29 is 105 Å². The molecule has 12 rings (SSSR count). The lowest BCUT2D eigenvalue weighted by Gasteiger charge is -2.52. The zero-order valence-electron chi connectivity index (χ0n) is 68.1. The molecule has 8 aromatic carbocycles. The van der Waals surface area contributed by atoms with E-state index in [1.807, 2.05) is 243 Å². The molecule has 0 spiro atoms. The number of aliphatic hydroxyl groups excluding tert-OH is 1. The van der Waals surface area contributed by atoms with E-state index >= 15 is 9.59 Å². The Labute approximate surface area is 687 Å². The third-order valence-corrected chi connectivity index (χ3v) is 20.2. The van der Waals surface area contributed by atoms with E-state index in [2.05, 4.69) is 0 Å². The molecule has 0 amide bonds. The van der Waals surface area contributed by atoms with E-state index in [-0.39, 0.29) is 72.7 Å². The average Bonchev–Trinajstić information content (AvgIpc) is 0.757. The Morgan fingerprint density at radius 1 is 0.291 bits per heavy atom. The quantitative estimate of drug-likeness (QED) is 0.0281. The number of hydrogen-bond donors (Lipinski definition) is 1. The van der Waals surface area contributed by atoms with Crippen LogP contribution in [0.4, 0.5) is 0 Å². The molecule has 22 heteroatoms. The van der Waals surface area contributed by atoms with Crippen LogP contribution in [0.25, 0.3) is 0 Å². The molecular weight excluding hydrogens is 1490 g/mol. The van der Waals surface area contributed by atoms with Gasteiger partial charge in [-0.2, -0.15) is 0 Å². The molecule has 0 unspecified atom stereocenters. The minimum absolute atomic E-state index is 0.00333. The Morgan fingerprint density at radius 3 is 0.829 bits per heavy atom. The van der Waals surface area contributed by atoms with Gasteiger partial charge in [-0.25, -0.2) is 0 Å². The molecule has 4 heterocycles. The molecule has 0 bridgehead atoms. The molecule has 18 atom stereocenters. The zero-order valence-corrected chi connectivity index (χ0v) is 68.1. The number of ether oxygens (including phenoxy) is 18. The highest BCUT2D eigenvalue weighted by Gasteiger charge is 2.60. The fourth-order valence-electron chi connectivity index (χ4n) is 13.7. The molecule has 8 aromatic rings. The number of aliphatic hydroxyl groups is 1. The smallest absolute Gasteiger partial charge is 0.311 e. The first-order valence-electron chi connectivity index (χ1n) is 40.2. The van der Waals surface area contributed by atoms with Crippen molar-refractivity contribution in [2.24, 2.45) is 16.2 Å². The lowest BCUT2D eigenvalue weighted by molar-refractivity contribution is -0.392. The second-order valence-corrected chi connectivity index (χ2v) is 32.8. The Bertz CT molecular complexity index is 4260. The van der Waals surface area contributed by atoms with Crippen LogP contribution >= 0.6 is 0 Å². The van der Waals surface area contributed by atoms with Gasteiger partial charge in [0.25, 0.3) is 0 Å². The van der Waals surface area contributed by atoms with Crippen molar-refractivity contribution in [3.05, 3.63) is 300 Å². The minimum atomic E-state index is -1.71. The minimum Gasteiger partial charge on any atom is -0.493 e. The van der Waals surface area contributed by atoms with Gasteiger partial charge in [0.15, 0.2) is 43.3 Å². The molecule has 22 nitrogen and oxygen atoms in total. The SMILES string of the molecule is CC(C)(C)C(=O)O[C@H]1[C@H](O[C@H]2[C@H](OCc3ccccc3)[C@@H](OC(=O)C(C)(C)C)[C@H](O[C@H]3[C@H](OCc4ccccc4)[C@@H](OC(=O)C(C)(C)C)[C@H](O[C@H]4[C@H](OCc5ccccc5)C=CO[C@@H]4COCc4ccccc4)O[C@@H]3COCc3ccccc3)O[C@@H]2COCc2ccccc2)O[C@H](CO)[C@@H](OCc2ccccc2)[C@@H]1OCc1ccccc1. The Hall–Kier alpha value is -8.89. The van der Waals surface area contributed by atoms with Gasteiger partial charge >= 0.3 is 17.9 Å². The summed E-state index contributed by atoms with van der Waals surface area (Å²) in [4.78, 5) is 45.4. The number of carbonyl (C=O) groups excluding carboxylic acids is 3. The van der Waals surface area contributed by atoms with E-state index in [1.54, 1.807) is 74.7 Å². The van der Waals surface area contributed by atoms with Gasteiger partial charge in [-0.05, 0) is 113 Å². The number of hydrogen-bond acceptors (Lipinski definition) is 22. The van der Waals surface area contributed by atoms with Crippen LogP contribution in [0.1, 0.15) is 107 Å². The highest BCUT2D eigenvalue weighted by Crippen LogP contribution is 2.42. The number of esters is 3. The van der Waals surface area contributed by atoms with Crippen molar-refractivity contribution in [1.82, 2.24) is 0 Å². The Kier molecular flexibility index (Phi) is 31.9. The first-order valence-corrected chi connectivity index (χ1v) is 40.2. The van der Waals surface area contributed by atoms with Gasteiger partial charge in [0.1, 0.15) is 67.1 Å². The lowest BCUT2D eigenvalue weighted by Crippen LogP contribution is -2.69. The van der Waals surface area contributed by atoms with E-state index in [9.17, 15) is 9.90 Å². The van der Waals surface area contributed by atoms with E-state index in [0.29, 0.717) is 5.56 Å². The summed E-state index contributed by atoms with van der Waals surface area (Å²) in [6.07, 6.45) is -20.6. The van der Waals surface area contributed by atoms with Gasteiger partial charge in [0, 0.05) is 0 Å². The van der Waals surface area contributed by atoms with Crippen molar-refractivity contribution in [3.8, 4) is 0 Å². The molecular formula is C95H112O22. The molecule has 3 saturated heterocycles. The van der Waals surface area contributed by atoms with Crippen LogP contribution < -0.4 is 0 Å². The molecule has 4 aliphatic rings.